The molecule has 0 aliphatic rings. The smallest absolute Gasteiger partial charge is 0.160 e. The molecule has 1 N–H and O–H groups in total. The Balaban J connectivity index is 0. The summed E-state index contributed by atoms with van der Waals surface area (Å²) in [4.78, 5) is 11.1. The monoisotopic (exact) mass is 247 g/mol. The summed E-state index contributed by atoms with van der Waals surface area (Å²) in [5.74, 6) is 0.197. The third-order valence-electron chi connectivity index (χ3n) is 1.93. The number of carbonyl (C=O) groups excluding carboxylic acids is 1. The lowest BCUT2D eigenvalue weighted by atomic mass is 10.1. The zero-order valence-corrected chi connectivity index (χ0v) is 12.0. The van der Waals surface area contributed by atoms with Crippen molar-refractivity contribution in [3.63, 3.8) is 0 Å². The van der Waals surface area contributed by atoms with Gasteiger partial charge in [-0.1, -0.05) is 34.6 Å². The zero-order valence-electron chi connectivity index (χ0n) is 12.0. The summed E-state index contributed by atoms with van der Waals surface area (Å²) in [5.41, 5.74) is 0. The van der Waals surface area contributed by atoms with Gasteiger partial charge in [-0.25, -0.2) is 0 Å². The molecule has 0 bridgehead atoms. The van der Waals surface area contributed by atoms with Crippen LogP contribution in [0.2, 0.25) is 0 Å². The molecule has 0 radical (unpaired) electrons. The lowest BCUT2D eigenvalue weighted by Gasteiger charge is -2.06. The molecule has 104 valence electrons. The minimum Gasteiger partial charge on any atom is -0.378 e. The van der Waals surface area contributed by atoms with E-state index in [0.29, 0.717) is 19.8 Å². The van der Waals surface area contributed by atoms with E-state index < -0.39 is 0 Å². The van der Waals surface area contributed by atoms with Crippen LogP contribution in [0.5, 0.6) is 0 Å². The maximum atomic E-state index is 11.1. The normalized spacial score (nSPS) is 10.0. The maximum absolute atomic E-state index is 11.1. The quantitative estimate of drug-likeness (QED) is 0.599. The average molecular weight is 247 g/mol. The Morgan fingerprint density at radius 3 is 2.24 bits per heavy atom. The molecule has 0 aliphatic carbocycles. The first kappa shape index (κ1) is 18.9. The number of ether oxygens (including phenoxy) is 2. The molecule has 0 spiro atoms. The molecule has 0 aromatic heterocycles. The predicted octanol–water partition coefficient (Wildman–Crippen LogP) is 1.88. The third-order valence-corrected chi connectivity index (χ3v) is 1.93. The number of ketones is 1. The summed E-state index contributed by atoms with van der Waals surface area (Å²) in [6, 6.07) is 0. The second-order valence-electron chi connectivity index (χ2n) is 3.64. The molecule has 0 rings (SSSR count). The summed E-state index contributed by atoms with van der Waals surface area (Å²) < 4.78 is 10.4. The van der Waals surface area contributed by atoms with E-state index in [4.69, 9.17) is 9.47 Å². The molecule has 0 unspecified atom stereocenters. The highest BCUT2D eigenvalue weighted by molar-refractivity contribution is 5.81. The van der Waals surface area contributed by atoms with Crippen LogP contribution in [0.25, 0.3) is 0 Å². The number of carbonyl (C=O) groups is 1. The topological polar surface area (TPSA) is 47.6 Å². The van der Waals surface area contributed by atoms with Crippen molar-refractivity contribution in [3.05, 3.63) is 0 Å². The molecule has 0 amide bonds. The number of hydrogen-bond acceptors (Lipinski definition) is 4. The Hall–Kier alpha value is -0.450. The predicted molar refractivity (Wildman–Crippen MR) is 71.4 cm³/mol. The zero-order chi connectivity index (χ0) is 13.5. The summed E-state index contributed by atoms with van der Waals surface area (Å²) in [6.07, 6.45) is 0. The maximum Gasteiger partial charge on any atom is 0.160 e. The molecule has 4 heteroatoms. The van der Waals surface area contributed by atoms with Crippen molar-refractivity contribution in [1.29, 1.82) is 0 Å². The average Bonchev–Trinajstić information content (AvgIpc) is 2.34. The van der Waals surface area contributed by atoms with Crippen LogP contribution in [-0.2, 0) is 14.3 Å². The first-order valence-corrected chi connectivity index (χ1v) is 6.57. The largest absolute Gasteiger partial charge is 0.378 e. The minimum absolute atomic E-state index is 0.0553. The van der Waals surface area contributed by atoms with Gasteiger partial charge in [0.1, 0.15) is 6.61 Å². The highest BCUT2D eigenvalue weighted by Gasteiger charge is 2.06. The van der Waals surface area contributed by atoms with Gasteiger partial charge < -0.3 is 14.8 Å². The number of rotatable bonds is 10. The van der Waals surface area contributed by atoms with Gasteiger partial charge in [-0.3, -0.25) is 4.79 Å². The Labute approximate surface area is 106 Å². The van der Waals surface area contributed by atoms with E-state index >= 15 is 0 Å². The first-order chi connectivity index (χ1) is 8.18. The summed E-state index contributed by atoms with van der Waals surface area (Å²) in [5, 5.41) is 3.15. The summed E-state index contributed by atoms with van der Waals surface area (Å²) >= 11 is 0. The fourth-order valence-corrected chi connectivity index (χ4v) is 0.880. The van der Waals surface area contributed by atoms with Gasteiger partial charge in [0.2, 0.25) is 0 Å². The van der Waals surface area contributed by atoms with Crippen molar-refractivity contribution < 1.29 is 14.3 Å². The van der Waals surface area contributed by atoms with Crippen LogP contribution < -0.4 is 5.32 Å². The number of hydrogen-bond donors (Lipinski definition) is 1. The van der Waals surface area contributed by atoms with Crippen molar-refractivity contribution in [2.75, 3.05) is 39.5 Å². The van der Waals surface area contributed by atoms with Crippen LogP contribution >= 0.6 is 0 Å². The van der Waals surface area contributed by atoms with Crippen LogP contribution in [0.1, 0.15) is 34.6 Å². The lowest BCUT2D eigenvalue weighted by molar-refractivity contribution is -0.127. The van der Waals surface area contributed by atoms with E-state index in [1.54, 1.807) is 0 Å². The molecule has 0 heterocycles. The van der Waals surface area contributed by atoms with Gasteiger partial charge in [0.15, 0.2) is 5.78 Å². The second kappa shape index (κ2) is 15.6. The molecule has 0 aliphatic heterocycles. The van der Waals surface area contributed by atoms with E-state index in [0.717, 1.165) is 13.1 Å². The van der Waals surface area contributed by atoms with Crippen LogP contribution in [0.4, 0.5) is 0 Å². The molecule has 0 fully saturated rings. The summed E-state index contributed by atoms with van der Waals surface area (Å²) in [6.45, 7) is 13.6. The Morgan fingerprint density at radius 1 is 1.12 bits per heavy atom. The van der Waals surface area contributed by atoms with Crippen molar-refractivity contribution in [2.24, 2.45) is 5.92 Å². The van der Waals surface area contributed by atoms with Crippen molar-refractivity contribution >= 4 is 5.78 Å². The Morgan fingerprint density at radius 2 is 1.71 bits per heavy atom. The lowest BCUT2D eigenvalue weighted by Crippen LogP contribution is -2.21. The van der Waals surface area contributed by atoms with Crippen LogP contribution in [0.15, 0.2) is 0 Å². The van der Waals surface area contributed by atoms with Crippen LogP contribution in [0.3, 0.4) is 0 Å². The van der Waals surface area contributed by atoms with Gasteiger partial charge in [0.05, 0.1) is 19.8 Å². The van der Waals surface area contributed by atoms with E-state index in [2.05, 4.69) is 12.2 Å². The van der Waals surface area contributed by atoms with Crippen molar-refractivity contribution in [3.8, 4) is 0 Å². The van der Waals surface area contributed by atoms with E-state index in [1.165, 1.54) is 0 Å². The van der Waals surface area contributed by atoms with Gasteiger partial charge in [-0.2, -0.15) is 0 Å². The summed E-state index contributed by atoms with van der Waals surface area (Å²) in [7, 11) is 0. The fourth-order valence-electron chi connectivity index (χ4n) is 0.880. The van der Waals surface area contributed by atoms with Gasteiger partial charge in [0, 0.05) is 12.5 Å². The number of likely N-dealkylation sites (N-methyl/N-ethyl adjacent to an activating group) is 1. The molecule has 0 aromatic rings. The molecule has 0 atom stereocenters. The molecular weight excluding hydrogens is 218 g/mol. The Kier molecular flexibility index (Phi) is 17.3. The Bertz CT molecular complexity index is 161. The minimum atomic E-state index is 0.0553. The van der Waals surface area contributed by atoms with E-state index in [1.807, 2.05) is 27.7 Å². The van der Waals surface area contributed by atoms with E-state index in [-0.39, 0.29) is 18.3 Å². The highest BCUT2D eigenvalue weighted by Crippen LogP contribution is 1.94. The molecule has 4 nitrogen and oxygen atoms in total. The van der Waals surface area contributed by atoms with Gasteiger partial charge >= 0.3 is 0 Å². The fraction of sp³-hybridized carbons (Fsp3) is 0.923. The van der Waals surface area contributed by atoms with Crippen molar-refractivity contribution in [2.45, 2.75) is 34.6 Å². The van der Waals surface area contributed by atoms with E-state index in [9.17, 15) is 4.79 Å². The SMILES string of the molecule is CC.CCNCCOCCOCC(=O)C(C)C. The molecule has 0 saturated heterocycles. The first-order valence-electron chi connectivity index (χ1n) is 6.57. The molecular formula is C13H29NO3. The van der Waals surface area contributed by atoms with Crippen LogP contribution in [0, 0.1) is 5.92 Å². The number of nitrogens with one attached hydrogen (secondary N) is 1. The van der Waals surface area contributed by atoms with Gasteiger partial charge in [-0.05, 0) is 6.54 Å². The standard InChI is InChI=1S/C11H23NO3.C2H6/c1-4-12-5-6-14-7-8-15-9-11(13)10(2)3;1-2/h10,12H,4-9H2,1-3H3;1-2H3. The highest BCUT2D eigenvalue weighted by atomic mass is 16.5. The molecule has 0 aromatic carbocycles. The van der Waals surface area contributed by atoms with Crippen molar-refractivity contribution in [1.82, 2.24) is 5.32 Å². The third kappa shape index (κ3) is 15.5. The molecule has 0 saturated carbocycles. The van der Waals surface area contributed by atoms with Crippen LogP contribution in [-0.4, -0.2) is 45.3 Å². The van der Waals surface area contributed by atoms with Gasteiger partial charge in [0.25, 0.3) is 0 Å². The number of Topliss-reactive ketones (excluding diaryl/α,β-unsaturated/α-hetero) is 1. The molecule has 17 heavy (non-hydrogen) atoms. The second-order valence-corrected chi connectivity index (χ2v) is 3.64. The van der Waals surface area contributed by atoms with Gasteiger partial charge in [-0.15, -0.1) is 0 Å².